The van der Waals surface area contributed by atoms with Crippen LogP contribution in [0.3, 0.4) is 0 Å². The number of rotatable bonds is 3. The van der Waals surface area contributed by atoms with Crippen molar-refractivity contribution < 1.29 is 0 Å². The number of aryl methyl sites for hydroxylation is 1. The molecular weight excluding hydrogens is 172 g/mol. The number of aromatic amines is 1. The molecule has 2 heteroatoms. The first-order valence-electron chi connectivity index (χ1n) is 5.07. The van der Waals surface area contributed by atoms with Crippen LogP contribution in [0.2, 0.25) is 0 Å². The van der Waals surface area contributed by atoms with E-state index in [1.165, 1.54) is 16.5 Å². The first kappa shape index (κ1) is 9.28. The van der Waals surface area contributed by atoms with E-state index >= 15 is 0 Å². The third-order valence-electron chi connectivity index (χ3n) is 2.51. The van der Waals surface area contributed by atoms with Crippen molar-refractivity contribution in [2.45, 2.75) is 25.8 Å². The van der Waals surface area contributed by atoms with Gasteiger partial charge in [0.05, 0.1) is 0 Å². The van der Waals surface area contributed by atoms with E-state index in [0.717, 1.165) is 12.8 Å². The lowest BCUT2D eigenvalue weighted by atomic mass is 10.1. The molecule has 0 saturated heterocycles. The van der Waals surface area contributed by atoms with Crippen LogP contribution < -0.4 is 5.73 Å². The molecule has 0 aliphatic rings. The maximum atomic E-state index is 5.73. The van der Waals surface area contributed by atoms with Gasteiger partial charge in [0, 0.05) is 17.8 Å². The highest BCUT2D eigenvalue weighted by Crippen LogP contribution is 2.15. The van der Waals surface area contributed by atoms with Crippen LogP contribution in [0, 0.1) is 0 Å². The highest BCUT2D eigenvalue weighted by molar-refractivity contribution is 5.79. The largest absolute Gasteiger partial charge is 0.361 e. The molecule has 1 aromatic carbocycles. The second-order valence-corrected chi connectivity index (χ2v) is 3.92. The number of nitrogens with one attached hydrogen (secondary N) is 1. The molecule has 0 unspecified atom stereocenters. The van der Waals surface area contributed by atoms with Crippen molar-refractivity contribution in [1.82, 2.24) is 4.98 Å². The fraction of sp³-hybridized carbons (Fsp3) is 0.333. The molecule has 3 N–H and O–H groups in total. The molecule has 0 radical (unpaired) electrons. The van der Waals surface area contributed by atoms with E-state index in [2.05, 4.69) is 36.2 Å². The van der Waals surface area contributed by atoms with Crippen LogP contribution >= 0.6 is 0 Å². The Balaban J connectivity index is 2.17. The smallest absolute Gasteiger partial charge is 0.0454 e. The van der Waals surface area contributed by atoms with Crippen LogP contribution in [0.4, 0.5) is 0 Å². The molecule has 0 saturated carbocycles. The zero-order valence-electron chi connectivity index (χ0n) is 8.46. The number of hydrogen-bond acceptors (Lipinski definition) is 1. The fourth-order valence-electron chi connectivity index (χ4n) is 1.65. The van der Waals surface area contributed by atoms with Gasteiger partial charge in [-0.1, -0.05) is 6.07 Å². The summed E-state index contributed by atoms with van der Waals surface area (Å²) in [7, 11) is 0. The van der Waals surface area contributed by atoms with Crippen LogP contribution in [0.5, 0.6) is 0 Å². The third kappa shape index (κ3) is 1.96. The monoisotopic (exact) mass is 188 g/mol. The predicted octanol–water partition coefficient (Wildman–Crippen LogP) is 2.45. The van der Waals surface area contributed by atoms with E-state index in [1.54, 1.807) is 0 Å². The molecule has 0 aliphatic heterocycles. The number of aromatic nitrogens is 1. The second-order valence-electron chi connectivity index (χ2n) is 3.92. The van der Waals surface area contributed by atoms with Crippen molar-refractivity contribution in [3.63, 3.8) is 0 Å². The van der Waals surface area contributed by atoms with Crippen molar-refractivity contribution in [3.05, 3.63) is 36.0 Å². The molecule has 1 aromatic heterocycles. The number of H-pyrrole nitrogens is 1. The first-order chi connectivity index (χ1) is 6.75. The summed E-state index contributed by atoms with van der Waals surface area (Å²) in [5, 5.41) is 1.28. The lowest BCUT2D eigenvalue weighted by molar-refractivity contribution is 0.666. The Hall–Kier alpha value is -1.28. The predicted molar refractivity (Wildman–Crippen MR) is 60.3 cm³/mol. The highest BCUT2D eigenvalue weighted by atomic mass is 14.7. The van der Waals surface area contributed by atoms with Crippen molar-refractivity contribution in [2.75, 3.05) is 0 Å². The molecule has 1 atom stereocenters. The Morgan fingerprint density at radius 2 is 2.21 bits per heavy atom. The van der Waals surface area contributed by atoms with Gasteiger partial charge in [-0.15, -0.1) is 0 Å². The lowest BCUT2D eigenvalue weighted by Crippen LogP contribution is -2.15. The molecule has 0 aliphatic carbocycles. The SMILES string of the molecule is C[C@H](N)CCc1ccc2[nH]ccc2c1. The molecule has 0 fully saturated rings. The molecule has 1 heterocycles. The van der Waals surface area contributed by atoms with E-state index in [1.807, 2.05) is 6.20 Å². The Bertz CT molecular complexity index is 415. The second kappa shape index (κ2) is 3.84. The van der Waals surface area contributed by atoms with Crippen molar-refractivity contribution in [2.24, 2.45) is 5.73 Å². The average molecular weight is 188 g/mol. The molecule has 74 valence electrons. The van der Waals surface area contributed by atoms with Gasteiger partial charge in [-0.25, -0.2) is 0 Å². The fourth-order valence-corrected chi connectivity index (χ4v) is 1.65. The molecule has 2 nitrogen and oxygen atoms in total. The Morgan fingerprint density at radius 1 is 1.36 bits per heavy atom. The maximum Gasteiger partial charge on any atom is 0.0454 e. The van der Waals surface area contributed by atoms with Crippen LogP contribution in [0.15, 0.2) is 30.5 Å². The van der Waals surface area contributed by atoms with Gasteiger partial charge in [0.1, 0.15) is 0 Å². The minimum absolute atomic E-state index is 0.289. The third-order valence-corrected chi connectivity index (χ3v) is 2.51. The number of fused-ring (bicyclic) bond motifs is 1. The summed E-state index contributed by atoms with van der Waals surface area (Å²) in [6.45, 7) is 2.05. The van der Waals surface area contributed by atoms with E-state index < -0.39 is 0 Å². The van der Waals surface area contributed by atoms with Crippen LogP contribution in [0.25, 0.3) is 10.9 Å². The van der Waals surface area contributed by atoms with Gasteiger partial charge in [0.2, 0.25) is 0 Å². The van der Waals surface area contributed by atoms with Gasteiger partial charge >= 0.3 is 0 Å². The standard InChI is InChI=1S/C12H16N2/c1-9(13)2-3-10-4-5-12-11(8-10)6-7-14-12/h4-9,14H,2-3,13H2,1H3/t9-/m0/s1. The molecule has 2 rings (SSSR count). The zero-order chi connectivity index (χ0) is 9.97. The van der Waals surface area contributed by atoms with Crippen molar-refractivity contribution in [1.29, 1.82) is 0 Å². The molecule has 2 aromatic rings. The van der Waals surface area contributed by atoms with E-state index in [-0.39, 0.29) is 6.04 Å². The van der Waals surface area contributed by atoms with Crippen molar-refractivity contribution in [3.8, 4) is 0 Å². The maximum absolute atomic E-state index is 5.73. The van der Waals surface area contributed by atoms with Crippen LogP contribution in [-0.2, 0) is 6.42 Å². The van der Waals surface area contributed by atoms with E-state index in [4.69, 9.17) is 5.73 Å². The van der Waals surface area contributed by atoms with Crippen LogP contribution in [-0.4, -0.2) is 11.0 Å². The van der Waals surface area contributed by atoms with Gasteiger partial charge < -0.3 is 10.7 Å². The molecule has 0 bridgehead atoms. The summed E-state index contributed by atoms with van der Waals surface area (Å²) in [4.78, 5) is 3.19. The van der Waals surface area contributed by atoms with Gasteiger partial charge in [0.25, 0.3) is 0 Å². The highest BCUT2D eigenvalue weighted by Gasteiger charge is 1.99. The molecule has 14 heavy (non-hydrogen) atoms. The quantitative estimate of drug-likeness (QED) is 0.763. The minimum Gasteiger partial charge on any atom is -0.361 e. The summed E-state index contributed by atoms with van der Waals surface area (Å²) in [6, 6.07) is 8.92. The van der Waals surface area contributed by atoms with Crippen molar-refractivity contribution >= 4 is 10.9 Å². The summed E-state index contributed by atoms with van der Waals surface area (Å²) in [5.41, 5.74) is 8.30. The first-order valence-corrected chi connectivity index (χ1v) is 5.07. The van der Waals surface area contributed by atoms with E-state index in [0.29, 0.717) is 0 Å². The zero-order valence-corrected chi connectivity index (χ0v) is 8.46. The Morgan fingerprint density at radius 3 is 3.00 bits per heavy atom. The summed E-state index contributed by atoms with van der Waals surface area (Å²) >= 11 is 0. The number of benzene rings is 1. The van der Waals surface area contributed by atoms with Crippen LogP contribution in [0.1, 0.15) is 18.9 Å². The number of nitrogens with two attached hydrogens (primary N) is 1. The Labute approximate surface area is 84.1 Å². The summed E-state index contributed by atoms with van der Waals surface area (Å²) in [6.07, 6.45) is 4.09. The number of hydrogen-bond donors (Lipinski definition) is 2. The summed E-state index contributed by atoms with van der Waals surface area (Å²) in [5.74, 6) is 0. The lowest BCUT2D eigenvalue weighted by Gasteiger charge is -2.04. The van der Waals surface area contributed by atoms with Gasteiger partial charge in [-0.05, 0) is 48.9 Å². The molecule has 0 amide bonds. The molecular formula is C12H16N2. The Kier molecular flexibility index (Phi) is 2.55. The van der Waals surface area contributed by atoms with Gasteiger partial charge in [0.15, 0.2) is 0 Å². The van der Waals surface area contributed by atoms with Gasteiger partial charge in [-0.3, -0.25) is 0 Å². The van der Waals surface area contributed by atoms with Gasteiger partial charge in [-0.2, -0.15) is 0 Å². The normalized spacial score (nSPS) is 13.3. The topological polar surface area (TPSA) is 41.8 Å². The molecule has 0 spiro atoms. The average Bonchev–Trinajstić information content (AvgIpc) is 2.61. The minimum atomic E-state index is 0.289. The summed E-state index contributed by atoms with van der Waals surface area (Å²) < 4.78 is 0. The van der Waals surface area contributed by atoms with E-state index in [9.17, 15) is 0 Å².